The Balaban J connectivity index is 1.90. The number of ether oxygens (including phenoxy) is 3. The lowest BCUT2D eigenvalue weighted by Crippen LogP contribution is -2.47. The predicted molar refractivity (Wildman–Crippen MR) is 47.9 cm³/mol. The maximum atomic E-state index is 11.4. The molecule has 84 valence electrons. The summed E-state index contributed by atoms with van der Waals surface area (Å²) in [4.78, 5) is 11.4. The van der Waals surface area contributed by atoms with Crippen molar-refractivity contribution in [2.24, 2.45) is 0 Å². The third-order valence-electron chi connectivity index (χ3n) is 3.30. The van der Waals surface area contributed by atoms with Gasteiger partial charge in [0.25, 0.3) is 0 Å². The fourth-order valence-electron chi connectivity index (χ4n) is 2.72. The first-order valence-electron chi connectivity index (χ1n) is 5.19. The second-order valence-corrected chi connectivity index (χ2v) is 5.02. The van der Waals surface area contributed by atoms with Gasteiger partial charge in [-0.1, -0.05) is 0 Å². The molecule has 3 fully saturated rings. The first-order chi connectivity index (χ1) is 6.90. The number of carbonyl (C=O) groups excluding carboxylic acids is 1. The average molecular weight is 214 g/mol. The van der Waals surface area contributed by atoms with Gasteiger partial charge in [0.1, 0.15) is 12.2 Å². The van der Waals surface area contributed by atoms with E-state index in [4.69, 9.17) is 14.2 Å². The van der Waals surface area contributed by atoms with Crippen molar-refractivity contribution in [3.63, 3.8) is 0 Å². The maximum absolute atomic E-state index is 11.4. The molecule has 0 amide bonds. The zero-order valence-corrected chi connectivity index (χ0v) is 8.73. The Kier molecular flexibility index (Phi) is 1.62. The van der Waals surface area contributed by atoms with Crippen molar-refractivity contribution < 1.29 is 24.1 Å². The van der Waals surface area contributed by atoms with Crippen LogP contribution in [0.2, 0.25) is 0 Å². The van der Waals surface area contributed by atoms with Crippen molar-refractivity contribution in [3.05, 3.63) is 0 Å². The Morgan fingerprint density at radius 2 is 1.93 bits per heavy atom. The second kappa shape index (κ2) is 2.53. The zero-order chi connectivity index (χ0) is 10.8. The van der Waals surface area contributed by atoms with Crippen LogP contribution >= 0.6 is 0 Å². The monoisotopic (exact) mass is 214 g/mol. The molecule has 15 heavy (non-hydrogen) atoms. The number of carbonyl (C=O) groups is 1. The van der Waals surface area contributed by atoms with Gasteiger partial charge in [0.2, 0.25) is 0 Å². The summed E-state index contributed by atoms with van der Waals surface area (Å²) < 4.78 is 16.4. The Bertz CT molecular complexity index is 326. The standard InChI is InChI=1S/C10H14O5/c1-9(2)14-6-4-10(12)3-5(7(6)15-9)13-8(10)11/h5-7,12H,3-4H2,1-2H3/t5-,6+,7-,10-/m0/s1. The molecule has 1 N–H and O–H groups in total. The van der Waals surface area contributed by atoms with Gasteiger partial charge < -0.3 is 19.3 Å². The third-order valence-corrected chi connectivity index (χ3v) is 3.30. The van der Waals surface area contributed by atoms with Gasteiger partial charge in [-0.15, -0.1) is 0 Å². The van der Waals surface area contributed by atoms with Gasteiger partial charge in [0.05, 0.1) is 6.10 Å². The van der Waals surface area contributed by atoms with Crippen molar-refractivity contribution in [3.8, 4) is 0 Å². The Morgan fingerprint density at radius 1 is 1.27 bits per heavy atom. The quantitative estimate of drug-likeness (QED) is 0.573. The van der Waals surface area contributed by atoms with Crippen molar-refractivity contribution >= 4 is 5.97 Å². The Labute approximate surface area is 87.3 Å². The molecule has 0 spiro atoms. The summed E-state index contributed by atoms with van der Waals surface area (Å²) in [6, 6.07) is 0. The van der Waals surface area contributed by atoms with Gasteiger partial charge >= 0.3 is 5.97 Å². The summed E-state index contributed by atoms with van der Waals surface area (Å²) in [5.41, 5.74) is -1.35. The molecule has 3 rings (SSSR count). The minimum atomic E-state index is -1.35. The third kappa shape index (κ3) is 1.23. The van der Waals surface area contributed by atoms with E-state index in [0.29, 0.717) is 6.42 Å². The first-order valence-corrected chi connectivity index (χ1v) is 5.19. The summed E-state index contributed by atoms with van der Waals surface area (Å²) in [7, 11) is 0. The molecule has 0 unspecified atom stereocenters. The zero-order valence-electron chi connectivity index (χ0n) is 8.73. The van der Waals surface area contributed by atoms with Gasteiger partial charge in [-0.05, 0) is 13.8 Å². The SMILES string of the molecule is CC1(C)O[C@H]2[C@@H]3C[C@](O)(C[C@H]2O1)C(=O)O3. The molecule has 2 aliphatic heterocycles. The van der Waals surface area contributed by atoms with Crippen LogP contribution in [-0.2, 0) is 19.0 Å². The Hall–Kier alpha value is -0.650. The fourth-order valence-corrected chi connectivity index (χ4v) is 2.72. The van der Waals surface area contributed by atoms with Crippen molar-refractivity contribution in [1.29, 1.82) is 0 Å². The van der Waals surface area contributed by atoms with Gasteiger partial charge in [-0.2, -0.15) is 0 Å². The molecular weight excluding hydrogens is 200 g/mol. The second-order valence-electron chi connectivity index (χ2n) is 5.02. The summed E-state index contributed by atoms with van der Waals surface area (Å²) >= 11 is 0. The highest BCUT2D eigenvalue weighted by Gasteiger charge is 2.62. The van der Waals surface area contributed by atoms with E-state index >= 15 is 0 Å². The normalized spacial score (nSPS) is 51.4. The minimum absolute atomic E-state index is 0.230. The van der Waals surface area contributed by atoms with Crippen LogP contribution in [0.1, 0.15) is 26.7 Å². The molecule has 2 heterocycles. The number of hydrogen-bond acceptors (Lipinski definition) is 5. The number of esters is 1. The molecule has 4 atom stereocenters. The number of fused-ring (bicyclic) bond motifs is 4. The molecule has 1 aliphatic carbocycles. The minimum Gasteiger partial charge on any atom is -0.457 e. The average Bonchev–Trinajstić information content (AvgIpc) is 2.50. The van der Waals surface area contributed by atoms with E-state index in [0.717, 1.165) is 0 Å². The highest BCUT2D eigenvalue weighted by molar-refractivity contribution is 5.82. The van der Waals surface area contributed by atoms with Crippen molar-refractivity contribution in [1.82, 2.24) is 0 Å². The van der Waals surface area contributed by atoms with Crippen LogP contribution in [0.3, 0.4) is 0 Å². The molecule has 1 saturated carbocycles. The van der Waals surface area contributed by atoms with Crippen LogP contribution in [0.4, 0.5) is 0 Å². The van der Waals surface area contributed by atoms with Crippen LogP contribution < -0.4 is 0 Å². The van der Waals surface area contributed by atoms with E-state index in [1.54, 1.807) is 0 Å². The van der Waals surface area contributed by atoms with Crippen LogP contribution in [0.25, 0.3) is 0 Å². The van der Waals surface area contributed by atoms with E-state index < -0.39 is 17.4 Å². The molecule has 5 heteroatoms. The lowest BCUT2D eigenvalue weighted by Gasteiger charge is -2.29. The van der Waals surface area contributed by atoms with E-state index in [2.05, 4.69) is 0 Å². The fraction of sp³-hybridized carbons (Fsp3) is 0.900. The highest BCUT2D eigenvalue weighted by Crippen LogP contribution is 2.46. The molecule has 2 saturated heterocycles. The lowest BCUT2D eigenvalue weighted by atomic mass is 9.82. The van der Waals surface area contributed by atoms with E-state index in [-0.39, 0.29) is 24.7 Å². The largest absolute Gasteiger partial charge is 0.457 e. The molecule has 2 bridgehead atoms. The highest BCUT2D eigenvalue weighted by atomic mass is 16.8. The van der Waals surface area contributed by atoms with Crippen LogP contribution in [0.5, 0.6) is 0 Å². The van der Waals surface area contributed by atoms with E-state index in [1.165, 1.54) is 0 Å². The number of hydrogen-bond donors (Lipinski definition) is 1. The van der Waals surface area contributed by atoms with Crippen LogP contribution in [-0.4, -0.2) is 40.8 Å². The molecule has 0 aromatic rings. The Morgan fingerprint density at radius 3 is 2.67 bits per heavy atom. The van der Waals surface area contributed by atoms with Crippen LogP contribution in [0, 0.1) is 0 Å². The smallest absolute Gasteiger partial charge is 0.338 e. The van der Waals surface area contributed by atoms with Gasteiger partial charge in [0, 0.05) is 12.8 Å². The van der Waals surface area contributed by atoms with Crippen LogP contribution in [0.15, 0.2) is 0 Å². The molecular formula is C10H14O5. The predicted octanol–water partition coefficient (Wildman–Crippen LogP) is -0.0432. The topological polar surface area (TPSA) is 65.0 Å². The van der Waals surface area contributed by atoms with Crippen molar-refractivity contribution in [2.45, 2.75) is 56.4 Å². The summed E-state index contributed by atoms with van der Waals surface area (Å²) in [6.45, 7) is 3.65. The summed E-state index contributed by atoms with van der Waals surface area (Å²) in [6.07, 6.45) is -0.229. The van der Waals surface area contributed by atoms with E-state index in [9.17, 15) is 9.90 Å². The van der Waals surface area contributed by atoms with Gasteiger partial charge in [-0.3, -0.25) is 0 Å². The van der Waals surface area contributed by atoms with E-state index in [1.807, 2.05) is 13.8 Å². The first kappa shape index (κ1) is 9.57. The molecule has 0 aromatic heterocycles. The summed E-state index contributed by atoms with van der Waals surface area (Å²) in [5.74, 6) is -1.19. The molecule has 5 nitrogen and oxygen atoms in total. The van der Waals surface area contributed by atoms with Crippen molar-refractivity contribution in [2.75, 3.05) is 0 Å². The molecule has 0 aromatic carbocycles. The van der Waals surface area contributed by atoms with Gasteiger partial charge in [-0.25, -0.2) is 4.79 Å². The lowest BCUT2D eigenvalue weighted by molar-refractivity contribution is -0.171. The van der Waals surface area contributed by atoms with Gasteiger partial charge in [0.15, 0.2) is 11.4 Å². The molecule has 3 aliphatic rings. The number of rotatable bonds is 0. The summed E-state index contributed by atoms with van der Waals surface area (Å²) in [5, 5.41) is 10.00. The molecule has 0 radical (unpaired) electrons. The maximum Gasteiger partial charge on any atom is 0.338 e. The number of aliphatic hydroxyl groups is 1.